The average Bonchev–Trinajstić information content (AvgIpc) is 3.22. The number of sulfonamides is 1. The highest BCUT2D eigenvalue weighted by atomic mass is 32.2. The number of carbonyl (C=O) groups excluding carboxylic acids is 1. The number of hydrogen-bond donors (Lipinski definition) is 3. The molecule has 1 aliphatic carbocycles. The molecule has 0 bridgehead atoms. The van der Waals surface area contributed by atoms with Crippen LogP contribution in [-0.4, -0.2) is 24.5 Å². The number of benzene rings is 1. The topological polar surface area (TPSA) is 118 Å². The molecule has 0 spiro atoms. The smallest absolute Gasteiger partial charge is 0.272 e. The molecule has 2 aromatic rings. The number of hydrogen-bond acceptors (Lipinski definition) is 4. The number of rotatable bonds is 5. The summed E-state index contributed by atoms with van der Waals surface area (Å²) in [6.07, 6.45) is 2.28. The molecule has 0 atom stereocenters. The Balaban J connectivity index is 1.60. The first-order valence-corrected chi connectivity index (χ1v) is 8.43. The van der Waals surface area contributed by atoms with E-state index in [9.17, 15) is 13.2 Å². The van der Waals surface area contributed by atoms with Crippen molar-refractivity contribution < 1.29 is 13.2 Å². The minimum absolute atomic E-state index is 0.0453. The third-order valence-electron chi connectivity index (χ3n) is 3.55. The summed E-state index contributed by atoms with van der Waals surface area (Å²) in [5.74, 6) is 0.249. The van der Waals surface area contributed by atoms with Crippen LogP contribution >= 0.6 is 0 Å². The Hall–Kier alpha value is -2.19. The van der Waals surface area contributed by atoms with Gasteiger partial charge in [-0.25, -0.2) is 13.6 Å². The Labute approximate surface area is 128 Å². The fourth-order valence-electron chi connectivity index (χ4n) is 2.13. The Bertz CT molecular complexity index is 792. The molecule has 0 saturated heterocycles. The predicted octanol–water partition coefficient (Wildman–Crippen LogP) is 0.864. The van der Waals surface area contributed by atoms with Crippen molar-refractivity contribution in [3.8, 4) is 0 Å². The molecule has 1 amide bonds. The molecular weight excluding hydrogens is 304 g/mol. The van der Waals surface area contributed by atoms with E-state index in [-0.39, 0.29) is 17.3 Å². The lowest BCUT2D eigenvalue weighted by Gasteiger charge is -2.04. The Kier molecular flexibility index (Phi) is 3.71. The van der Waals surface area contributed by atoms with E-state index in [4.69, 9.17) is 5.14 Å². The molecule has 8 heteroatoms. The van der Waals surface area contributed by atoms with E-state index in [1.807, 2.05) is 0 Å². The fourth-order valence-corrected chi connectivity index (χ4v) is 2.64. The first-order chi connectivity index (χ1) is 10.4. The molecule has 1 saturated carbocycles. The zero-order chi connectivity index (χ0) is 15.7. The van der Waals surface area contributed by atoms with Crippen molar-refractivity contribution in [2.75, 3.05) is 0 Å². The van der Waals surface area contributed by atoms with Crippen molar-refractivity contribution in [3.63, 3.8) is 0 Å². The van der Waals surface area contributed by atoms with Crippen molar-refractivity contribution in [1.82, 2.24) is 15.5 Å². The quantitative estimate of drug-likeness (QED) is 0.757. The van der Waals surface area contributed by atoms with E-state index in [0.717, 1.165) is 24.1 Å². The molecule has 116 valence electrons. The molecule has 0 aliphatic heterocycles. The molecule has 3 rings (SSSR count). The van der Waals surface area contributed by atoms with Crippen LogP contribution in [0.5, 0.6) is 0 Å². The molecule has 4 N–H and O–H groups in total. The summed E-state index contributed by atoms with van der Waals surface area (Å²) in [5.41, 5.74) is 2.14. The third-order valence-corrected chi connectivity index (χ3v) is 4.48. The third kappa shape index (κ3) is 3.34. The van der Waals surface area contributed by atoms with Crippen LogP contribution in [0.1, 0.15) is 40.5 Å². The monoisotopic (exact) mass is 320 g/mol. The van der Waals surface area contributed by atoms with Gasteiger partial charge in [-0.3, -0.25) is 9.89 Å². The normalized spacial score (nSPS) is 14.8. The van der Waals surface area contributed by atoms with E-state index in [1.165, 1.54) is 12.1 Å². The van der Waals surface area contributed by atoms with Gasteiger partial charge < -0.3 is 5.32 Å². The maximum atomic E-state index is 12.0. The maximum Gasteiger partial charge on any atom is 0.272 e. The zero-order valence-electron chi connectivity index (χ0n) is 11.7. The van der Waals surface area contributed by atoms with Crippen LogP contribution < -0.4 is 10.5 Å². The number of aromatic nitrogens is 2. The second-order valence-electron chi connectivity index (χ2n) is 5.35. The summed E-state index contributed by atoms with van der Waals surface area (Å²) in [7, 11) is -3.69. The Morgan fingerprint density at radius 1 is 1.32 bits per heavy atom. The highest BCUT2D eigenvalue weighted by Gasteiger charge is 2.26. The number of amides is 1. The molecule has 1 aromatic heterocycles. The van der Waals surface area contributed by atoms with Gasteiger partial charge >= 0.3 is 0 Å². The van der Waals surface area contributed by atoms with E-state index in [1.54, 1.807) is 18.2 Å². The van der Waals surface area contributed by atoms with E-state index < -0.39 is 10.0 Å². The lowest BCUT2D eigenvalue weighted by Crippen LogP contribution is -2.23. The fraction of sp³-hybridized carbons (Fsp3) is 0.286. The largest absolute Gasteiger partial charge is 0.347 e. The van der Waals surface area contributed by atoms with Gasteiger partial charge in [-0.2, -0.15) is 5.10 Å². The van der Waals surface area contributed by atoms with Crippen molar-refractivity contribution >= 4 is 15.9 Å². The zero-order valence-corrected chi connectivity index (χ0v) is 12.6. The molecule has 1 aliphatic rings. The van der Waals surface area contributed by atoms with E-state index >= 15 is 0 Å². The Morgan fingerprint density at radius 3 is 2.59 bits per heavy atom. The van der Waals surface area contributed by atoms with Crippen molar-refractivity contribution in [2.45, 2.75) is 30.2 Å². The molecule has 1 fully saturated rings. The van der Waals surface area contributed by atoms with Crippen molar-refractivity contribution in [3.05, 3.63) is 47.3 Å². The van der Waals surface area contributed by atoms with Gasteiger partial charge in [-0.05, 0) is 36.6 Å². The van der Waals surface area contributed by atoms with Gasteiger partial charge in [-0.1, -0.05) is 12.1 Å². The molecule has 0 unspecified atom stereocenters. The van der Waals surface area contributed by atoms with Gasteiger partial charge in [0.25, 0.3) is 5.91 Å². The number of H-pyrrole nitrogens is 1. The molecule has 0 radical (unpaired) electrons. The van der Waals surface area contributed by atoms with Gasteiger partial charge in [0, 0.05) is 18.2 Å². The minimum Gasteiger partial charge on any atom is -0.347 e. The highest BCUT2D eigenvalue weighted by molar-refractivity contribution is 7.89. The minimum atomic E-state index is -3.69. The molecule has 7 nitrogen and oxygen atoms in total. The maximum absolute atomic E-state index is 12.0. The van der Waals surface area contributed by atoms with Gasteiger partial charge in [0.05, 0.1) is 4.90 Å². The number of nitrogens with one attached hydrogen (secondary N) is 2. The van der Waals surface area contributed by atoms with Crippen LogP contribution in [0.25, 0.3) is 0 Å². The number of primary sulfonamides is 1. The number of nitrogens with two attached hydrogens (primary N) is 1. The standard InChI is InChI=1S/C14H16N4O3S/c15-22(20,21)11-5-1-9(2-6-11)8-16-14(19)13-7-12(17-18-13)10-3-4-10/h1-2,5-7,10H,3-4,8H2,(H,16,19)(H,17,18)(H2,15,20,21). The number of carbonyl (C=O) groups is 1. The number of nitrogens with zero attached hydrogens (tertiary/aromatic N) is 1. The molecular formula is C14H16N4O3S. The van der Waals surface area contributed by atoms with Crippen LogP contribution in [0.4, 0.5) is 0 Å². The lowest BCUT2D eigenvalue weighted by atomic mass is 10.2. The molecule has 1 aromatic carbocycles. The average molecular weight is 320 g/mol. The SMILES string of the molecule is NS(=O)(=O)c1ccc(CNC(=O)c2cc(C3CC3)[nH]n2)cc1. The first kappa shape index (κ1) is 14.7. The highest BCUT2D eigenvalue weighted by Crippen LogP contribution is 2.38. The van der Waals surface area contributed by atoms with Crippen LogP contribution in [0.2, 0.25) is 0 Å². The van der Waals surface area contributed by atoms with E-state index in [0.29, 0.717) is 11.6 Å². The van der Waals surface area contributed by atoms with Gasteiger partial charge in [0.15, 0.2) is 0 Å². The summed E-state index contributed by atoms with van der Waals surface area (Å²) in [5, 5.41) is 14.7. The second kappa shape index (κ2) is 5.54. The summed E-state index contributed by atoms with van der Waals surface area (Å²) in [4.78, 5) is 12.0. The Morgan fingerprint density at radius 2 is 2.00 bits per heavy atom. The summed E-state index contributed by atoms with van der Waals surface area (Å²) < 4.78 is 22.3. The van der Waals surface area contributed by atoms with Gasteiger partial charge in [0.2, 0.25) is 10.0 Å². The van der Waals surface area contributed by atoms with Crippen molar-refractivity contribution in [1.29, 1.82) is 0 Å². The summed E-state index contributed by atoms with van der Waals surface area (Å²) >= 11 is 0. The van der Waals surface area contributed by atoms with Crippen LogP contribution in [0.3, 0.4) is 0 Å². The first-order valence-electron chi connectivity index (χ1n) is 6.89. The predicted molar refractivity (Wildman–Crippen MR) is 79.5 cm³/mol. The molecule has 1 heterocycles. The number of aromatic amines is 1. The van der Waals surface area contributed by atoms with Gasteiger partial charge in [-0.15, -0.1) is 0 Å². The summed E-state index contributed by atoms with van der Waals surface area (Å²) in [6.45, 7) is 0.287. The van der Waals surface area contributed by atoms with Crippen LogP contribution in [0, 0.1) is 0 Å². The molecule has 22 heavy (non-hydrogen) atoms. The van der Waals surface area contributed by atoms with Crippen LogP contribution in [-0.2, 0) is 16.6 Å². The van der Waals surface area contributed by atoms with Gasteiger partial charge in [0.1, 0.15) is 5.69 Å². The lowest BCUT2D eigenvalue weighted by molar-refractivity contribution is 0.0946. The van der Waals surface area contributed by atoms with Crippen molar-refractivity contribution in [2.24, 2.45) is 5.14 Å². The second-order valence-corrected chi connectivity index (χ2v) is 6.92. The summed E-state index contributed by atoms with van der Waals surface area (Å²) in [6, 6.07) is 7.82. The van der Waals surface area contributed by atoms with Crippen LogP contribution in [0.15, 0.2) is 35.2 Å². The van der Waals surface area contributed by atoms with E-state index in [2.05, 4.69) is 15.5 Å².